The fourth-order valence-corrected chi connectivity index (χ4v) is 3.53. The van der Waals surface area contributed by atoms with Gasteiger partial charge >= 0.3 is 5.97 Å². The molecule has 1 unspecified atom stereocenters. The van der Waals surface area contributed by atoms with Crippen LogP contribution in [0.5, 0.6) is 0 Å². The van der Waals surface area contributed by atoms with Gasteiger partial charge in [-0.05, 0) is 64.4 Å². The van der Waals surface area contributed by atoms with Gasteiger partial charge in [0.15, 0.2) is 11.2 Å². The van der Waals surface area contributed by atoms with Gasteiger partial charge in [0, 0.05) is 23.0 Å². The van der Waals surface area contributed by atoms with Crippen molar-refractivity contribution in [1.82, 2.24) is 10.2 Å². The van der Waals surface area contributed by atoms with Crippen LogP contribution in [0.2, 0.25) is 0 Å². The molecule has 4 aromatic rings. The molecule has 0 radical (unpaired) electrons. The van der Waals surface area contributed by atoms with Crippen molar-refractivity contribution in [2.75, 3.05) is 5.32 Å². The number of aromatic amines is 1. The van der Waals surface area contributed by atoms with Gasteiger partial charge in [-0.1, -0.05) is 18.2 Å². The summed E-state index contributed by atoms with van der Waals surface area (Å²) < 4.78 is 28.2. The maximum Gasteiger partial charge on any atom is 0.337 e. The van der Waals surface area contributed by atoms with E-state index in [4.69, 9.17) is 4.42 Å². The second kappa shape index (κ2) is 10.1. The van der Waals surface area contributed by atoms with Crippen LogP contribution in [0.3, 0.4) is 0 Å². The summed E-state index contributed by atoms with van der Waals surface area (Å²) in [6, 6.07) is 13.4. The molecule has 9 heteroatoms. The van der Waals surface area contributed by atoms with Gasteiger partial charge in [-0.25, -0.2) is 13.6 Å². The number of carbonyl (C=O) groups is 1. The Morgan fingerprint density at radius 3 is 2.40 bits per heavy atom. The predicted molar refractivity (Wildman–Crippen MR) is 131 cm³/mol. The Hall–Kier alpha value is -4.01. The molecule has 2 heterocycles. The standard InChI is InChI=1S/C23H21N3O4.C3H6F2/c1-12-8-16(14(3)24-18-7-5-4-6-15(18)23(28)29)22-17(9-12)20(27)11-21(30-22)19-10-13(2)25-26-19;1-3(2,4)5/h4-11,14,24H,1-3H3,(H,25,26)(H,28,29);1-2H3. The van der Waals surface area contributed by atoms with Crippen molar-refractivity contribution < 1.29 is 23.1 Å². The minimum atomic E-state index is -2.50. The van der Waals surface area contributed by atoms with Crippen LogP contribution in [0, 0.1) is 13.8 Å². The highest BCUT2D eigenvalue weighted by Gasteiger charge is 2.19. The third kappa shape index (κ3) is 6.53. The maximum atomic E-state index is 12.8. The zero-order chi connectivity index (χ0) is 25.9. The summed E-state index contributed by atoms with van der Waals surface area (Å²) in [6.45, 7) is 7.39. The number of aromatic carboxylic acids is 1. The maximum absolute atomic E-state index is 12.8. The zero-order valence-corrected chi connectivity index (χ0v) is 20.1. The molecule has 0 saturated carbocycles. The van der Waals surface area contributed by atoms with E-state index in [2.05, 4.69) is 15.5 Å². The summed E-state index contributed by atoms with van der Waals surface area (Å²) in [5, 5.41) is 20.2. The molecule has 4 rings (SSSR count). The lowest BCUT2D eigenvalue weighted by atomic mass is 10.0. The summed E-state index contributed by atoms with van der Waals surface area (Å²) in [7, 11) is 0. The van der Waals surface area contributed by atoms with E-state index in [0.29, 0.717) is 28.1 Å². The normalized spacial score (nSPS) is 12.1. The van der Waals surface area contributed by atoms with E-state index in [-0.39, 0.29) is 17.0 Å². The lowest BCUT2D eigenvalue weighted by Crippen LogP contribution is -2.12. The van der Waals surface area contributed by atoms with Gasteiger partial charge in [0.2, 0.25) is 5.92 Å². The van der Waals surface area contributed by atoms with E-state index >= 15 is 0 Å². The first-order valence-electron chi connectivity index (χ1n) is 10.9. The van der Waals surface area contributed by atoms with Crippen LogP contribution >= 0.6 is 0 Å². The molecule has 0 aliphatic carbocycles. The van der Waals surface area contributed by atoms with Crippen LogP contribution in [-0.4, -0.2) is 27.2 Å². The minimum Gasteiger partial charge on any atom is -0.478 e. The highest BCUT2D eigenvalue weighted by Crippen LogP contribution is 2.31. The summed E-state index contributed by atoms with van der Waals surface area (Å²) in [5.41, 5.74) is 4.05. The van der Waals surface area contributed by atoms with Gasteiger partial charge in [-0.2, -0.15) is 5.10 Å². The van der Waals surface area contributed by atoms with Crippen molar-refractivity contribution in [3.63, 3.8) is 0 Å². The molecule has 184 valence electrons. The summed E-state index contributed by atoms with van der Waals surface area (Å²) >= 11 is 0. The van der Waals surface area contributed by atoms with Crippen LogP contribution in [0.15, 0.2) is 57.7 Å². The van der Waals surface area contributed by atoms with E-state index in [1.807, 2.05) is 32.9 Å². The van der Waals surface area contributed by atoms with Gasteiger partial charge in [0.1, 0.15) is 11.3 Å². The molecule has 0 amide bonds. The zero-order valence-electron chi connectivity index (χ0n) is 20.1. The third-order valence-corrected chi connectivity index (χ3v) is 4.96. The van der Waals surface area contributed by atoms with Gasteiger partial charge in [0.25, 0.3) is 0 Å². The number of hydrogen-bond donors (Lipinski definition) is 3. The molecule has 0 saturated heterocycles. The molecule has 2 aromatic heterocycles. The van der Waals surface area contributed by atoms with Gasteiger partial charge in [0.05, 0.1) is 17.0 Å². The van der Waals surface area contributed by atoms with Crippen LogP contribution in [0.1, 0.15) is 54.0 Å². The Morgan fingerprint density at radius 2 is 1.80 bits per heavy atom. The van der Waals surface area contributed by atoms with Crippen molar-refractivity contribution >= 4 is 22.6 Å². The van der Waals surface area contributed by atoms with Crippen LogP contribution in [0.25, 0.3) is 22.4 Å². The van der Waals surface area contributed by atoms with Crippen molar-refractivity contribution in [2.45, 2.75) is 46.6 Å². The highest BCUT2D eigenvalue weighted by molar-refractivity contribution is 5.94. The van der Waals surface area contributed by atoms with E-state index in [1.54, 1.807) is 30.3 Å². The number of fused-ring (bicyclic) bond motifs is 1. The Labute approximate surface area is 200 Å². The number of alkyl halides is 2. The third-order valence-electron chi connectivity index (χ3n) is 4.96. The Morgan fingerprint density at radius 1 is 1.14 bits per heavy atom. The highest BCUT2D eigenvalue weighted by atomic mass is 19.3. The number of carboxylic acids is 1. The topological polar surface area (TPSA) is 108 Å². The van der Waals surface area contributed by atoms with Gasteiger partial charge < -0.3 is 14.8 Å². The Kier molecular flexibility index (Phi) is 7.38. The van der Waals surface area contributed by atoms with Crippen molar-refractivity contribution in [3.8, 4) is 11.5 Å². The van der Waals surface area contributed by atoms with Crippen LogP contribution in [-0.2, 0) is 0 Å². The molecule has 3 N–H and O–H groups in total. The van der Waals surface area contributed by atoms with Crippen LogP contribution in [0.4, 0.5) is 14.5 Å². The van der Waals surface area contributed by atoms with Crippen molar-refractivity contribution in [1.29, 1.82) is 0 Å². The number of anilines is 1. The second-order valence-electron chi connectivity index (χ2n) is 8.69. The van der Waals surface area contributed by atoms with E-state index in [1.165, 1.54) is 6.07 Å². The molecule has 2 aromatic carbocycles. The predicted octanol–water partition coefficient (Wildman–Crippen LogP) is 6.33. The molecule has 1 atom stereocenters. The molecule has 35 heavy (non-hydrogen) atoms. The largest absolute Gasteiger partial charge is 0.478 e. The van der Waals surface area contributed by atoms with Gasteiger partial charge in [-0.3, -0.25) is 9.89 Å². The number of nitrogens with one attached hydrogen (secondary N) is 2. The minimum absolute atomic E-state index is 0.157. The molecule has 0 fully saturated rings. The van der Waals surface area contributed by atoms with Crippen molar-refractivity contribution in [3.05, 3.63) is 81.1 Å². The number of nitrogens with zero attached hydrogens (tertiary/aromatic N) is 1. The average molecular weight is 484 g/mol. The van der Waals surface area contributed by atoms with Crippen LogP contribution < -0.4 is 10.7 Å². The lowest BCUT2D eigenvalue weighted by Gasteiger charge is -2.19. The smallest absolute Gasteiger partial charge is 0.337 e. The second-order valence-corrected chi connectivity index (χ2v) is 8.69. The fraction of sp³-hybridized carbons (Fsp3) is 0.269. The molecular weight excluding hydrogens is 456 g/mol. The Bertz CT molecular complexity index is 1410. The van der Waals surface area contributed by atoms with E-state index in [0.717, 1.165) is 30.7 Å². The molecule has 0 aliphatic heterocycles. The van der Waals surface area contributed by atoms with Crippen molar-refractivity contribution in [2.24, 2.45) is 0 Å². The lowest BCUT2D eigenvalue weighted by molar-refractivity contribution is 0.0437. The number of aryl methyl sites for hydroxylation is 2. The first-order valence-corrected chi connectivity index (χ1v) is 10.9. The number of H-pyrrole nitrogens is 1. The summed E-state index contributed by atoms with van der Waals surface area (Å²) in [5.74, 6) is -3.14. The van der Waals surface area contributed by atoms with E-state index < -0.39 is 11.9 Å². The number of aromatic nitrogens is 2. The number of para-hydroxylation sites is 1. The van der Waals surface area contributed by atoms with Gasteiger partial charge in [-0.15, -0.1) is 0 Å². The average Bonchev–Trinajstić information content (AvgIpc) is 3.19. The molecular formula is C26H27F2N3O4. The first-order chi connectivity index (χ1) is 16.3. The quantitative estimate of drug-likeness (QED) is 0.306. The number of benzene rings is 2. The molecule has 0 bridgehead atoms. The number of rotatable bonds is 5. The first kappa shape index (κ1) is 25.6. The monoisotopic (exact) mass is 483 g/mol. The number of carboxylic acid groups (broad SMARTS) is 1. The molecule has 0 aliphatic rings. The Balaban J connectivity index is 0.000000623. The fourth-order valence-electron chi connectivity index (χ4n) is 3.53. The summed E-state index contributed by atoms with van der Waals surface area (Å²) in [4.78, 5) is 24.4. The molecule has 7 nitrogen and oxygen atoms in total. The summed E-state index contributed by atoms with van der Waals surface area (Å²) in [6.07, 6.45) is 0. The number of halogens is 2. The van der Waals surface area contributed by atoms with E-state index in [9.17, 15) is 23.5 Å². The molecule has 0 spiro atoms. The number of hydrogen-bond acceptors (Lipinski definition) is 5. The SMILES string of the molecule is CC(C)(F)F.Cc1cc(C(C)Nc2ccccc2C(=O)O)c2oc(-c3cc(C)[nH]n3)cc(=O)c2c1.